The number of hydrazine groups is 1. The fourth-order valence-electron chi connectivity index (χ4n) is 0.144. The van der Waals surface area contributed by atoms with Crippen molar-refractivity contribution in [3.05, 3.63) is 0 Å². The summed E-state index contributed by atoms with van der Waals surface area (Å²) in [6.45, 7) is 1.99. The SMILES string of the molecule is CC/C=N\NN. The van der Waals surface area contributed by atoms with Crippen molar-refractivity contribution < 1.29 is 0 Å². The lowest BCUT2D eigenvalue weighted by atomic mass is 10.6. The lowest BCUT2D eigenvalue weighted by Gasteiger charge is -1.79. The molecule has 0 spiro atoms. The van der Waals surface area contributed by atoms with Gasteiger partial charge in [-0.3, -0.25) is 0 Å². The number of rotatable bonds is 2. The van der Waals surface area contributed by atoms with Gasteiger partial charge < -0.3 is 0 Å². The quantitative estimate of drug-likeness (QED) is 0.279. The third kappa shape index (κ3) is 3.43. The zero-order chi connectivity index (χ0) is 4.83. The van der Waals surface area contributed by atoms with Crippen molar-refractivity contribution in [2.45, 2.75) is 13.3 Å². The van der Waals surface area contributed by atoms with Gasteiger partial charge in [-0.2, -0.15) is 5.10 Å². The van der Waals surface area contributed by atoms with Crippen LogP contribution >= 0.6 is 0 Å². The predicted octanol–water partition coefficient (Wildman–Crippen LogP) is -0.154. The molecule has 0 aliphatic carbocycles. The maximum atomic E-state index is 4.77. The molecule has 0 bridgehead atoms. The molecule has 6 heavy (non-hydrogen) atoms. The molecule has 36 valence electrons. The van der Waals surface area contributed by atoms with E-state index in [1.807, 2.05) is 6.92 Å². The molecule has 3 N–H and O–H groups in total. The van der Waals surface area contributed by atoms with Crippen molar-refractivity contribution in [2.24, 2.45) is 10.9 Å². The van der Waals surface area contributed by atoms with Gasteiger partial charge in [0, 0.05) is 6.21 Å². The van der Waals surface area contributed by atoms with Crippen LogP contribution in [0, 0.1) is 0 Å². The van der Waals surface area contributed by atoms with Crippen LogP contribution in [0.2, 0.25) is 0 Å². The number of nitrogens with one attached hydrogen (secondary N) is 1. The van der Waals surface area contributed by atoms with Crippen molar-refractivity contribution >= 4 is 6.21 Å². The Morgan fingerprint density at radius 2 is 2.67 bits per heavy atom. The number of hydrogen-bond acceptors (Lipinski definition) is 3. The first kappa shape index (κ1) is 5.43. The van der Waals surface area contributed by atoms with Gasteiger partial charge in [0.25, 0.3) is 0 Å². The Balaban J connectivity index is 2.73. The molecule has 0 aromatic rings. The van der Waals surface area contributed by atoms with Crippen molar-refractivity contribution in [1.29, 1.82) is 0 Å². The third-order valence-electron chi connectivity index (χ3n) is 0.348. The fraction of sp³-hybridized carbons (Fsp3) is 0.667. The topological polar surface area (TPSA) is 50.4 Å². The molecule has 0 radical (unpaired) electrons. The number of hydrazone groups is 1. The third-order valence-corrected chi connectivity index (χ3v) is 0.348. The smallest absolute Gasteiger partial charge is 0.0255 e. The zero-order valence-corrected chi connectivity index (χ0v) is 3.81. The van der Waals surface area contributed by atoms with E-state index in [4.69, 9.17) is 5.84 Å². The standard InChI is InChI=1S/C3H9N3/c1-2-3-5-6-4/h3,6H,2,4H2,1H3/b5-3-. The zero-order valence-electron chi connectivity index (χ0n) is 3.81. The minimum atomic E-state index is 0.921. The summed E-state index contributed by atoms with van der Waals surface area (Å²) in [4.78, 5) is 0. The summed E-state index contributed by atoms with van der Waals surface area (Å²) in [5.41, 5.74) is 2.14. The van der Waals surface area contributed by atoms with Crippen molar-refractivity contribution in [3.8, 4) is 0 Å². The van der Waals surface area contributed by atoms with Crippen LogP contribution in [-0.4, -0.2) is 6.21 Å². The first-order chi connectivity index (χ1) is 2.91. The van der Waals surface area contributed by atoms with Gasteiger partial charge in [-0.15, -0.1) is 0 Å². The van der Waals surface area contributed by atoms with Crippen LogP contribution in [0.3, 0.4) is 0 Å². The van der Waals surface area contributed by atoms with Gasteiger partial charge >= 0.3 is 0 Å². The van der Waals surface area contributed by atoms with E-state index in [1.165, 1.54) is 0 Å². The van der Waals surface area contributed by atoms with Crippen molar-refractivity contribution in [2.75, 3.05) is 0 Å². The number of hydrogen-bond donors (Lipinski definition) is 2. The van der Waals surface area contributed by atoms with E-state index in [0.717, 1.165) is 6.42 Å². The normalized spacial score (nSPS) is 9.67. The summed E-state index contributed by atoms with van der Waals surface area (Å²) in [5.74, 6) is 4.77. The molecular formula is C3H9N3. The summed E-state index contributed by atoms with van der Waals surface area (Å²) >= 11 is 0. The van der Waals surface area contributed by atoms with Crippen LogP contribution in [0.4, 0.5) is 0 Å². The summed E-state index contributed by atoms with van der Waals surface area (Å²) < 4.78 is 0. The van der Waals surface area contributed by atoms with Crippen LogP contribution in [0.15, 0.2) is 5.10 Å². The van der Waals surface area contributed by atoms with E-state index >= 15 is 0 Å². The Morgan fingerprint density at radius 1 is 2.00 bits per heavy atom. The van der Waals surface area contributed by atoms with E-state index < -0.39 is 0 Å². The van der Waals surface area contributed by atoms with Gasteiger partial charge in [0.05, 0.1) is 0 Å². The highest BCUT2D eigenvalue weighted by Gasteiger charge is 1.57. The largest absolute Gasteiger partial charge is 0.246 e. The van der Waals surface area contributed by atoms with E-state index in [0.29, 0.717) is 0 Å². The minimum Gasteiger partial charge on any atom is -0.246 e. The Labute approximate surface area is 37.2 Å². The molecule has 0 amide bonds. The second kappa shape index (κ2) is 4.43. The van der Waals surface area contributed by atoms with E-state index in [2.05, 4.69) is 10.6 Å². The molecule has 0 unspecified atom stereocenters. The van der Waals surface area contributed by atoms with Crippen LogP contribution in [0.1, 0.15) is 13.3 Å². The molecule has 0 aliphatic rings. The van der Waals surface area contributed by atoms with Crippen LogP contribution in [-0.2, 0) is 0 Å². The molecule has 0 heterocycles. The minimum absolute atomic E-state index is 0.921. The molecule has 0 rings (SSSR count). The Kier molecular flexibility index (Phi) is 4.01. The average Bonchev–Trinajstić information content (AvgIpc) is 1.61. The molecule has 0 aromatic carbocycles. The van der Waals surface area contributed by atoms with Gasteiger partial charge in [0.15, 0.2) is 0 Å². The van der Waals surface area contributed by atoms with Gasteiger partial charge in [-0.1, -0.05) is 6.92 Å². The summed E-state index contributed by atoms with van der Waals surface area (Å²) in [5, 5.41) is 3.49. The van der Waals surface area contributed by atoms with Gasteiger partial charge in [0.2, 0.25) is 0 Å². The molecule has 3 nitrogen and oxygen atoms in total. The second-order valence-electron chi connectivity index (χ2n) is 0.849. The molecule has 0 aromatic heterocycles. The summed E-state index contributed by atoms with van der Waals surface area (Å²) in [7, 11) is 0. The lowest BCUT2D eigenvalue weighted by Crippen LogP contribution is -2.13. The molecule has 0 aliphatic heterocycles. The first-order valence-electron chi connectivity index (χ1n) is 1.89. The highest BCUT2D eigenvalue weighted by atomic mass is 15.5. The fourth-order valence-corrected chi connectivity index (χ4v) is 0.144. The second-order valence-corrected chi connectivity index (χ2v) is 0.849. The number of nitrogens with two attached hydrogens (primary N) is 1. The van der Waals surface area contributed by atoms with Crippen LogP contribution in [0.5, 0.6) is 0 Å². The molecule has 3 heteroatoms. The monoisotopic (exact) mass is 87.1 g/mol. The van der Waals surface area contributed by atoms with Crippen molar-refractivity contribution in [3.63, 3.8) is 0 Å². The Morgan fingerprint density at radius 3 is 2.83 bits per heavy atom. The highest BCUT2D eigenvalue weighted by molar-refractivity contribution is 5.55. The predicted molar refractivity (Wildman–Crippen MR) is 26.1 cm³/mol. The van der Waals surface area contributed by atoms with E-state index in [1.54, 1.807) is 6.21 Å². The molecule has 0 atom stereocenters. The number of nitrogens with zero attached hydrogens (tertiary/aromatic N) is 1. The van der Waals surface area contributed by atoms with Gasteiger partial charge in [-0.25, -0.2) is 11.4 Å². The molecule has 0 saturated carbocycles. The Bertz CT molecular complexity index is 35.3. The molecule has 0 saturated heterocycles. The highest BCUT2D eigenvalue weighted by Crippen LogP contribution is 1.60. The molecular weight excluding hydrogens is 78.1 g/mol. The van der Waals surface area contributed by atoms with Crippen LogP contribution in [0.25, 0.3) is 0 Å². The first-order valence-corrected chi connectivity index (χ1v) is 1.89. The average molecular weight is 87.1 g/mol. The molecule has 0 fully saturated rings. The summed E-state index contributed by atoms with van der Waals surface area (Å²) in [6, 6.07) is 0. The lowest BCUT2D eigenvalue weighted by molar-refractivity contribution is 0.807. The van der Waals surface area contributed by atoms with Crippen molar-refractivity contribution in [1.82, 2.24) is 5.53 Å². The maximum Gasteiger partial charge on any atom is 0.0255 e. The van der Waals surface area contributed by atoms with Gasteiger partial charge in [-0.05, 0) is 6.42 Å². The Hall–Kier alpha value is -0.570. The van der Waals surface area contributed by atoms with E-state index in [9.17, 15) is 0 Å². The van der Waals surface area contributed by atoms with E-state index in [-0.39, 0.29) is 0 Å². The maximum absolute atomic E-state index is 4.77. The summed E-state index contributed by atoms with van der Waals surface area (Å²) in [6.07, 6.45) is 2.62. The van der Waals surface area contributed by atoms with Crippen LogP contribution < -0.4 is 11.4 Å². The van der Waals surface area contributed by atoms with Gasteiger partial charge in [0.1, 0.15) is 0 Å².